The molecule has 1 aliphatic heterocycles. The van der Waals surface area contributed by atoms with Gasteiger partial charge in [-0.3, -0.25) is 10.1 Å². The summed E-state index contributed by atoms with van der Waals surface area (Å²) in [6, 6.07) is 5.47. The minimum atomic E-state index is -0.806. The number of allylic oxidation sites excluding steroid dienone is 1. The minimum Gasteiger partial charge on any atom is -0.480 e. The van der Waals surface area contributed by atoms with E-state index in [1.165, 1.54) is 5.57 Å². The summed E-state index contributed by atoms with van der Waals surface area (Å²) in [7, 11) is 0. The summed E-state index contributed by atoms with van der Waals surface area (Å²) < 4.78 is 0. The maximum Gasteiger partial charge on any atom is 0.321 e. The van der Waals surface area contributed by atoms with Crippen molar-refractivity contribution in [3.8, 4) is 0 Å². The largest absolute Gasteiger partial charge is 0.480 e. The van der Waals surface area contributed by atoms with Gasteiger partial charge in [0.05, 0.1) is 6.04 Å². The van der Waals surface area contributed by atoms with Gasteiger partial charge in [-0.05, 0) is 31.0 Å². The molecule has 1 aliphatic rings. The second-order valence-corrected chi connectivity index (χ2v) is 5.57. The Bertz CT molecular complexity index is 696. The molecule has 2 heterocycles. The van der Waals surface area contributed by atoms with Crippen LogP contribution in [-0.2, 0) is 11.2 Å². The summed E-state index contributed by atoms with van der Waals surface area (Å²) >= 11 is 0. The van der Waals surface area contributed by atoms with Gasteiger partial charge in [-0.15, -0.1) is 0 Å². The maximum atomic E-state index is 11.4. The van der Waals surface area contributed by atoms with Crippen molar-refractivity contribution in [2.75, 3.05) is 0 Å². The summed E-state index contributed by atoms with van der Waals surface area (Å²) in [6.07, 6.45) is 4.52. The molecular weight excluding hydrogens is 252 g/mol. The minimum absolute atomic E-state index is 0.0677. The fourth-order valence-electron chi connectivity index (χ4n) is 2.92. The highest BCUT2D eigenvalue weighted by Crippen LogP contribution is 2.32. The molecule has 0 radical (unpaired) electrons. The molecule has 0 saturated heterocycles. The van der Waals surface area contributed by atoms with Crippen molar-refractivity contribution in [1.29, 1.82) is 0 Å². The van der Waals surface area contributed by atoms with Gasteiger partial charge >= 0.3 is 5.97 Å². The Balaban J connectivity index is 2.20. The van der Waals surface area contributed by atoms with Crippen LogP contribution in [0.25, 0.3) is 10.9 Å². The van der Waals surface area contributed by atoms with Crippen LogP contribution in [0.1, 0.15) is 31.0 Å². The van der Waals surface area contributed by atoms with Crippen LogP contribution in [0.3, 0.4) is 0 Å². The third kappa shape index (κ3) is 2.12. The highest BCUT2D eigenvalue weighted by molar-refractivity contribution is 5.89. The highest BCUT2D eigenvalue weighted by Gasteiger charge is 2.28. The van der Waals surface area contributed by atoms with Crippen LogP contribution >= 0.6 is 0 Å². The van der Waals surface area contributed by atoms with Crippen LogP contribution in [-0.4, -0.2) is 22.1 Å². The monoisotopic (exact) mass is 270 g/mol. The molecule has 0 fully saturated rings. The van der Waals surface area contributed by atoms with Gasteiger partial charge in [0, 0.05) is 23.5 Å². The second-order valence-electron chi connectivity index (χ2n) is 5.57. The molecule has 1 aromatic heterocycles. The zero-order valence-electron chi connectivity index (χ0n) is 11.6. The number of carboxylic acid groups (broad SMARTS) is 1. The van der Waals surface area contributed by atoms with Gasteiger partial charge in [-0.1, -0.05) is 23.8 Å². The van der Waals surface area contributed by atoms with E-state index in [0.717, 1.165) is 22.0 Å². The van der Waals surface area contributed by atoms with Crippen molar-refractivity contribution < 1.29 is 9.90 Å². The molecule has 3 N–H and O–H groups in total. The van der Waals surface area contributed by atoms with E-state index in [2.05, 4.69) is 22.4 Å². The smallest absolute Gasteiger partial charge is 0.321 e. The van der Waals surface area contributed by atoms with E-state index in [9.17, 15) is 9.90 Å². The highest BCUT2D eigenvalue weighted by atomic mass is 16.4. The third-order valence-corrected chi connectivity index (χ3v) is 3.76. The number of aromatic amines is 1. The average Bonchev–Trinajstić information content (AvgIpc) is 2.72. The summed E-state index contributed by atoms with van der Waals surface area (Å²) in [5.74, 6) is -0.806. The van der Waals surface area contributed by atoms with Crippen molar-refractivity contribution in [1.82, 2.24) is 10.3 Å². The first kappa shape index (κ1) is 12.9. The number of benzene rings is 1. The molecule has 0 saturated carbocycles. The lowest BCUT2D eigenvalue weighted by Crippen LogP contribution is -2.39. The van der Waals surface area contributed by atoms with E-state index >= 15 is 0 Å². The number of aliphatic carboxylic acids is 1. The van der Waals surface area contributed by atoms with E-state index < -0.39 is 12.0 Å². The number of aromatic nitrogens is 1. The zero-order chi connectivity index (χ0) is 14.3. The molecule has 2 aromatic rings. The molecule has 2 atom stereocenters. The Kier molecular flexibility index (Phi) is 3.10. The quantitative estimate of drug-likeness (QED) is 0.735. The van der Waals surface area contributed by atoms with Crippen LogP contribution in [0.15, 0.2) is 36.0 Å². The van der Waals surface area contributed by atoms with Crippen molar-refractivity contribution in [2.45, 2.75) is 32.4 Å². The first-order valence-corrected chi connectivity index (χ1v) is 6.79. The Morgan fingerprint density at radius 1 is 1.40 bits per heavy atom. The SMILES string of the molecule is CC(C)=C[C@@H]1N[C@@H](C(=O)O)Cc2c[nH]c3cccc1c23. The van der Waals surface area contributed by atoms with Gasteiger partial charge in [0.15, 0.2) is 0 Å². The van der Waals surface area contributed by atoms with Gasteiger partial charge in [0.25, 0.3) is 0 Å². The molecule has 3 rings (SSSR count). The van der Waals surface area contributed by atoms with E-state index in [1.807, 2.05) is 32.2 Å². The first-order valence-electron chi connectivity index (χ1n) is 6.79. The summed E-state index contributed by atoms with van der Waals surface area (Å²) in [5, 5.41) is 13.8. The van der Waals surface area contributed by atoms with Crippen LogP contribution < -0.4 is 5.32 Å². The van der Waals surface area contributed by atoms with Gasteiger partial charge in [-0.2, -0.15) is 0 Å². The summed E-state index contributed by atoms with van der Waals surface area (Å²) in [4.78, 5) is 14.7. The predicted molar refractivity (Wildman–Crippen MR) is 78.7 cm³/mol. The molecule has 104 valence electrons. The standard InChI is InChI=1S/C16H18N2O2/c1-9(2)6-13-11-4-3-5-12-15(11)10(8-17-12)7-14(18-13)16(19)20/h3-6,8,13-14,17-18H,7H2,1-2H3,(H,19,20)/t13-,14+/m0/s1. The number of hydrogen-bond donors (Lipinski definition) is 3. The van der Waals surface area contributed by atoms with Crippen LogP contribution in [0.2, 0.25) is 0 Å². The van der Waals surface area contributed by atoms with E-state index in [-0.39, 0.29) is 6.04 Å². The van der Waals surface area contributed by atoms with Crippen LogP contribution in [0, 0.1) is 0 Å². The van der Waals surface area contributed by atoms with Crippen LogP contribution in [0.5, 0.6) is 0 Å². The zero-order valence-corrected chi connectivity index (χ0v) is 11.6. The molecular formula is C16H18N2O2. The molecule has 0 spiro atoms. The fraction of sp³-hybridized carbons (Fsp3) is 0.312. The van der Waals surface area contributed by atoms with Gasteiger partial charge in [0.1, 0.15) is 6.04 Å². The van der Waals surface area contributed by atoms with E-state index in [0.29, 0.717) is 6.42 Å². The molecule has 0 amide bonds. The Labute approximate surface area is 117 Å². The maximum absolute atomic E-state index is 11.4. The normalized spacial score (nSPS) is 21.5. The van der Waals surface area contributed by atoms with Gasteiger partial charge < -0.3 is 10.1 Å². The van der Waals surface area contributed by atoms with Crippen molar-refractivity contribution >= 4 is 16.9 Å². The van der Waals surface area contributed by atoms with E-state index in [1.54, 1.807) is 0 Å². The fourth-order valence-corrected chi connectivity index (χ4v) is 2.92. The molecule has 0 bridgehead atoms. The summed E-state index contributed by atoms with van der Waals surface area (Å²) in [5.41, 5.74) is 4.45. The number of rotatable bonds is 2. The lowest BCUT2D eigenvalue weighted by atomic mass is 9.99. The number of carbonyl (C=O) groups is 1. The van der Waals surface area contributed by atoms with Crippen molar-refractivity contribution in [2.24, 2.45) is 0 Å². The number of H-pyrrole nitrogens is 1. The number of hydrogen-bond acceptors (Lipinski definition) is 2. The third-order valence-electron chi connectivity index (χ3n) is 3.76. The number of nitrogens with one attached hydrogen (secondary N) is 2. The topological polar surface area (TPSA) is 65.1 Å². The summed E-state index contributed by atoms with van der Waals surface area (Å²) in [6.45, 7) is 4.06. The predicted octanol–water partition coefficient (Wildman–Crippen LogP) is 2.77. The van der Waals surface area contributed by atoms with Gasteiger partial charge in [0.2, 0.25) is 0 Å². The lowest BCUT2D eigenvalue weighted by molar-refractivity contribution is -0.139. The molecule has 0 aliphatic carbocycles. The Morgan fingerprint density at radius 3 is 2.90 bits per heavy atom. The number of carboxylic acids is 1. The second kappa shape index (κ2) is 4.80. The molecule has 20 heavy (non-hydrogen) atoms. The Hall–Kier alpha value is -2.07. The molecule has 1 aromatic carbocycles. The Morgan fingerprint density at radius 2 is 2.20 bits per heavy atom. The van der Waals surface area contributed by atoms with Gasteiger partial charge in [-0.25, -0.2) is 0 Å². The molecule has 0 unspecified atom stereocenters. The molecule has 4 nitrogen and oxygen atoms in total. The van der Waals surface area contributed by atoms with E-state index in [4.69, 9.17) is 0 Å². The van der Waals surface area contributed by atoms with Crippen molar-refractivity contribution in [3.05, 3.63) is 47.2 Å². The van der Waals surface area contributed by atoms with Crippen molar-refractivity contribution in [3.63, 3.8) is 0 Å². The lowest BCUT2D eigenvalue weighted by Gasteiger charge is -2.19. The van der Waals surface area contributed by atoms with Crippen LogP contribution in [0.4, 0.5) is 0 Å². The average molecular weight is 270 g/mol. The molecule has 4 heteroatoms. The first-order chi connectivity index (χ1) is 9.56.